The van der Waals surface area contributed by atoms with Crippen molar-refractivity contribution >= 4 is 0 Å². The van der Waals surface area contributed by atoms with Crippen LogP contribution >= 0.6 is 0 Å². The molecule has 5 heteroatoms. The second-order valence-electron chi connectivity index (χ2n) is 3.14. The molecule has 0 saturated heterocycles. The lowest BCUT2D eigenvalue weighted by molar-refractivity contribution is 0.145. The van der Waals surface area contributed by atoms with Crippen LogP contribution in [0, 0.1) is 0 Å². The summed E-state index contributed by atoms with van der Waals surface area (Å²) in [7, 11) is 6.28. The molecule has 1 unspecified atom stereocenters. The zero-order valence-electron chi connectivity index (χ0n) is 9.90. The SMILES string of the molecule is CNC(O)c1cc(OC)c(OC)cc1OC. The normalized spacial score (nSPS) is 12.1. The predicted octanol–water partition coefficient (Wildman–Crippen LogP) is 0.923. The molecule has 0 amide bonds. The highest BCUT2D eigenvalue weighted by Gasteiger charge is 2.16. The van der Waals surface area contributed by atoms with Crippen LogP contribution in [-0.4, -0.2) is 33.5 Å². The Balaban J connectivity index is 3.25. The fraction of sp³-hybridized carbons (Fsp3) is 0.455. The molecule has 90 valence electrons. The van der Waals surface area contributed by atoms with Gasteiger partial charge < -0.3 is 19.3 Å². The van der Waals surface area contributed by atoms with Gasteiger partial charge in [-0.25, -0.2) is 0 Å². The second kappa shape index (κ2) is 5.58. The smallest absolute Gasteiger partial charge is 0.164 e. The van der Waals surface area contributed by atoms with E-state index >= 15 is 0 Å². The van der Waals surface area contributed by atoms with E-state index in [4.69, 9.17) is 14.2 Å². The maximum Gasteiger partial charge on any atom is 0.164 e. The maximum atomic E-state index is 9.74. The van der Waals surface area contributed by atoms with Gasteiger partial charge in [-0.15, -0.1) is 0 Å². The van der Waals surface area contributed by atoms with Gasteiger partial charge in [-0.3, -0.25) is 5.32 Å². The van der Waals surface area contributed by atoms with Crippen LogP contribution in [0.1, 0.15) is 11.8 Å². The Hall–Kier alpha value is -1.46. The summed E-state index contributed by atoms with van der Waals surface area (Å²) in [5, 5.41) is 12.5. The summed E-state index contributed by atoms with van der Waals surface area (Å²) >= 11 is 0. The second-order valence-corrected chi connectivity index (χ2v) is 3.14. The van der Waals surface area contributed by atoms with Crippen molar-refractivity contribution in [2.45, 2.75) is 6.23 Å². The molecule has 1 aromatic carbocycles. The third-order valence-electron chi connectivity index (χ3n) is 2.30. The third kappa shape index (κ3) is 2.37. The van der Waals surface area contributed by atoms with E-state index in [1.165, 1.54) is 7.11 Å². The number of hydrogen-bond acceptors (Lipinski definition) is 5. The Labute approximate surface area is 94.9 Å². The van der Waals surface area contributed by atoms with E-state index in [-0.39, 0.29) is 0 Å². The van der Waals surface area contributed by atoms with Gasteiger partial charge in [-0.05, 0) is 13.1 Å². The van der Waals surface area contributed by atoms with Crippen LogP contribution < -0.4 is 19.5 Å². The fourth-order valence-electron chi connectivity index (χ4n) is 1.42. The standard InChI is InChI=1S/C11H17NO4/c1-12-11(13)7-5-9(15-3)10(16-4)6-8(7)14-2/h5-6,11-13H,1-4H3. The highest BCUT2D eigenvalue weighted by atomic mass is 16.5. The van der Waals surface area contributed by atoms with E-state index < -0.39 is 6.23 Å². The van der Waals surface area contributed by atoms with E-state index in [1.54, 1.807) is 33.4 Å². The molecule has 1 atom stereocenters. The van der Waals surface area contributed by atoms with Gasteiger partial charge in [0.1, 0.15) is 12.0 Å². The first-order valence-corrected chi connectivity index (χ1v) is 4.83. The summed E-state index contributed by atoms with van der Waals surface area (Å²) in [6.45, 7) is 0. The van der Waals surface area contributed by atoms with Crippen molar-refractivity contribution in [3.8, 4) is 17.2 Å². The predicted molar refractivity (Wildman–Crippen MR) is 60.1 cm³/mol. The third-order valence-corrected chi connectivity index (χ3v) is 2.30. The Kier molecular flexibility index (Phi) is 4.39. The van der Waals surface area contributed by atoms with E-state index in [1.807, 2.05) is 0 Å². The minimum atomic E-state index is -0.810. The van der Waals surface area contributed by atoms with Crippen molar-refractivity contribution in [2.24, 2.45) is 0 Å². The van der Waals surface area contributed by atoms with Gasteiger partial charge in [0.05, 0.1) is 21.3 Å². The fourth-order valence-corrected chi connectivity index (χ4v) is 1.42. The van der Waals surface area contributed by atoms with Crippen LogP contribution in [0.3, 0.4) is 0 Å². The molecule has 2 N–H and O–H groups in total. The van der Waals surface area contributed by atoms with Crippen LogP contribution in [0.25, 0.3) is 0 Å². The van der Waals surface area contributed by atoms with Crippen LogP contribution in [0.4, 0.5) is 0 Å². The zero-order valence-corrected chi connectivity index (χ0v) is 9.90. The van der Waals surface area contributed by atoms with E-state index in [9.17, 15) is 5.11 Å². The average molecular weight is 227 g/mol. The lowest BCUT2D eigenvalue weighted by Crippen LogP contribution is -2.16. The Morgan fingerprint density at radius 1 is 1.00 bits per heavy atom. The molecule has 0 fully saturated rings. The summed E-state index contributed by atoms with van der Waals surface area (Å²) in [6.07, 6.45) is -0.810. The van der Waals surface area contributed by atoms with Crippen LogP contribution in [0.15, 0.2) is 12.1 Å². The number of hydrogen-bond donors (Lipinski definition) is 2. The molecule has 0 aliphatic rings. The molecule has 1 aromatic rings. The number of benzene rings is 1. The van der Waals surface area contributed by atoms with Crippen LogP contribution in [0.5, 0.6) is 17.2 Å². The monoisotopic (exact) mass is 227 g/mol. The maximum absolute atomic E-state index is 9.74. The molecule has 0 radical (unpaired) electrons. The molecule has 0 aliphatic carbocycles. The molecule has 0 saturated carbocycles. The molecule has 0 aromatic heterocycles. The summed E-state index contributed by atoms with van der Waals surface area (Å²) < 4.78 is 15.5. The largest absolute Gasteiger partial charge is 0.496 e. The van der Waals surface area contributed by atoms with Crippen molar-refractivity contribution in [1.82, 2.24) is 5.32 Å². The quantitative estimate of drug-likeness (QED) is 0.733. The molecule has 0 bridgehead atoms. The minimum absolute atomic E-state index is 0.541. The first-order valence-electron chi connectivity index (χ1n) is 4.83. The molecular weight excluding hydrogens is 210 g/mol. The summed E-state index contributed by atoms with van der Waals surface area (Å²) in [5.41, 5.74) is 0.600. The van der Waals surface area contributed by atoms with Gasteiger partial charge in [0, 0.05) is 11.6 Å². The van der Waals surface area contributed by atoms with E-state index in [0.29, 0.717) is 22.8 Å². The Morgan fingerprint density at radius 3 is 1.94 bits per heavy atom. The number of aliphatic hydroxyl groups excluding tert-OH is 1. The first-order chi connectivity index (χ1) is 7.67. The number of methoxy groups -OCH3 is 3. The topological polar surface area (TPSA) is 60.0 Å². The molecule has 5 nitrogen and oxygen atoms in total. The van der Waals surface area contributed by atoms with Crippen molar-refractivity contribution < 1.29 is 19.3 Å². The van der Waals surface area contributed by atoms with Crippen molar-refractivity contribution in [3.05, 3.63) is 17.7 Å². The number of ether oxygens (including phenoxy) is 3. The summed E-state index contributed by atoms with van der Waals surface area (Å²) in [5.74, 6) is 1.65. The highest BCUT2D eigenvalue weighted by molar-refractivity contribution is 5.51. The van der Waals surface area contributed by atoms with Gasteiger partial charge in [-0.1, -0.05) is 0 Å². The van der Waals surface area contributed by atoms with Crippen molar-refractivity contribution in [2.75, 3.05) is 28.4 Å². The van der Waals surface area contributed by atoms with Crippen molar-refractivity contribution in [3.63, 3.8) is 0 Å². The van der Waals surface area contributed by atoms with Gasteiger partial charge >= 0.3 is 0 Å². The molecule has 0 spiro atoms. The van der Waals surface area contributed by atoms with Crippen LogP contribution in [0.2, 0.25) is 0 Å². The molecule has 16 heavy (non-hydrogen) atoms. The number of rotatable bonds is 5. The Bertz CT molecular complexity index is 354. The summed E-state index contributed by atoms with van der Waals surface area (Å²) in [4.78, 5) is 0. The number of aliphatic hydroxyl groups is 1. The average Bonchev–Trinajstić information content (AvgIpc) is 2.35. The summed E-state index contributed by atoms with van der Waals surface area (Å²) in [6, 6.07) is 3.35. The molecule has 0 aliphatic heterocycles. The van der Waals surface area contributed by atoms with Gasteiger partial charge in [0.15, 0.2) is 11.5 Å². The lowest BCUT2D eigenvalue weighted by atomic mass is 10.1. The zero-order chi connectivity index (χ0) is 12.1. The van der Waals surface area contributed by atoms with Gasteiger partial charge in [-0.2, -0.15) is 0 Å². The van der Waals surface area contributed by atoms with Crippen LogP contribution in [-0.2, 0) is 0 Å². The Morgan fingerprint density at radius 2 is 1.50 bits per heavy atom. The molecule has 1 rings (SSSR count). The molecule has 0 heterocycles. The van der Waals surface area contributed by atoms with Crippen molar-refractivity contribution in [1.29, 1.82) is 0 Å². The van der Waals surface area contributed by atoms with Gasteiger partial charge in [0.25, 0.3) is 0 Å². The lowest BCUT2D eigenvalue weighted by Gasteiger charge is -2.17. The van der Waals surface area contributed by atoms with E-state index in [0.717, 1.165) is 0 Å². The minimum Gasteiger partial charge on any atom is -0.496 e. The van der Waals surface area contributed by atoms with E-state index in [2.05, 4.69) is 5.32 Å². The van der Waals surface area contributed by atoms with Gasteiger partial charge in [0.2, 0.25) is 0 Å². The highest BCUT2D eigenvalue weighted by Crippen LogP contribution is 2.36. The first kappa shape index (κ1) is 12.6. The molecular formula is C11H17NO4. The number of nitrogens with one attached hydrogen (secondary N) is 1.